The van der Waals surface area contributed by atoms with Crippen LogP contribution in [0.1, 0.15) is 30.5 Å². The summed E-state index contributed by atoms with van der Waals surface area (Å²) in [4.78, 5) is 0. The van der Waals surface area contributed by atoms with Gasteiger partial charge in [-0.05, 0) is 47.8 Å². The molecular weight excluding hydrogens is 281 g/mol. The first-order valence-electron chi connectivity index (χ1n) is 6.40. The monoisotopic (exact) mass is 297 g/mol. The molecule has 1 aromatic carbocycles. The van der Waals surface area contributed by atoms with E-state index in [9.17, 15) is 4.39 Å². The Hall–Kier alpha value is -0.900. The Morgan fingerprint density at radius 1 is 1.37 bits per heavy atom. The maximum Gasteiger partial charge on any atom is 0.146 e. The van der Waals surface area contributed by atoms with E-state index in [0.29, 0.717) is 5.56 Å². The third-order valence-electron chi connectivity index (χ3n) is 3.11. The SMILES string of the molecule is CCNC(CCc1ccsc1)c1cccc(Cl)c1F. The van der Waals surface area contributed by atoms with Crippen molar-refractivity contribution in [1.29, 1.82) is 0 Å². The van der Waals surface area contributed by atoms with Gasteiger partial charge in [-0.15, -0.1) is 0 Å². The van der Waals surface area contributed by atoms with E-state index in [1.54, 1.807) is 23.5 Å². The first-order chi connectivity index (χ1) is 9.22. The molecule has 1 aromatic heterocycles. The van der Waals surface area contributed by atoms with E-state index in [1.165, 1.54) is 5.56 Å². The van der Waals surface area contributed by atoms with Gasteiger partial charge in [0.05, 0.1) is 5.02 Å². The quantitative estimate of drug-likeness (QED) is 0.806. The molecular formula is C15H17ClFNS. The summed E-state index contributed by atoms with van der Waals surface area (Å²) in [6.07, 6.45) is 1.80. The standard InChI is InChI=1S/C15H17ClFNS/c1-2-18-14(7-6-11-8-9-19-10-11)12-4-3-5-13(16)15(12)17/h3-5,8-10,14,18H,2,6-7H2,1H3. The average molecular weight is 298 g/mol. The summed E-state index contributed by atoms with van der Waals surface area (Å²) in [7, 11) is 0. The van der Waals surface area contributed by atoms with Crippen molar-refractivity contribution in [2.24, 2.45) is 0 Å². The normalized spacial score (nSPS) is 12.6. The van der Waals surface area contributed by atoms with E-state index in [-0.39, 0.29) is 16.9 Å². The fraction of sp³-hybridized carbons (Fsp3) is 0.333. The van der Waals surface area contributed by atoms with Crippen molar-refractivity contribution in [3.05, 3.63) is 57.0 Å². The lowest BCUT2D eigenvalue weighted by Crippen LogP contribution is -2.22. The Balaban J connectivity index is 2.12. The molecule has 1 heterocycles. The van der Waals surface area contributed by atoms with E-state index in [2.05, 4.69) is 22.1 Å². The molecule has 0 saturated heterocycles. The van der Waals surface area contributed by atoms with Crippen LogP contribution in [-0.4, -0.2) is 6.54 Å². The minimum absolute atomic E-state index is 0.00333. The van der Waals surface area contributed by atoms with Crippen molar-refractivity contribution in [2.75, 3.05) is 6.54 Å². The third-order valence-corrected chi connectivity index (χ3v) is 4.13. The van der Waals surface area contributed by atoms with Crippen molar-refractivity contribution in [1.82, 2.24) is 5.32 Å². The number of benzene rings is 1. The Labute approximate surface area is 122 Å². The van der Waals surface area contributed by atoms with Crippen LogP contribution in [-0.2, 0) is 6.42 Å². The van der Waals surface area contributed by atoms with E-state index < -0.39 is 0 Å². The van der Waals surface area contributed by atoms with E-state index in [1.807, 2.05) is 13.0 Å². The van der Waals surface area contributed by atoms with Crippen molar-refractivity contribution in [2.45, 2.75) is 25.8 Å². The maximum atomic E-state index is 14.1. The van der Waals surface area contributed by atoms with Gasteiger partial charge in [-0.25, -0.2) is 4.39 Å². The van der Waals surface area contributed by atoms with Gasteiger partial charge < -0.3 is 5.32 Å². The molecule has 0 spiro atoms. The second-order valence-corrected chi connectivity index (χ2v) is 5.61. The molecule has 1 atom stereocenters. The predicted octanol–water partition coefficient (Wildman–Crippen LogP) is 4.82. The summed E-state index contributed by atoms with van der Waals surface area (Å²) >= 11 is 7.55. The topological polar surface area (TPSA) is 12.0 Å². The van der Waals surface area contributed by atoms with Gasteiger partial charge in [0, 0.05) is 11.6 Å². The average Bonchev–Trinajstić information content (AvgIpc) is 2.91. The summed E-state index contributed by atoms with van der Waals surface area (Å²) in [5.41, 5.74) is 1.96. The molecule has 0 aliphatic heterocycles. The molecule has 0 radical (unpaired) electrons. The van der Waals surface area contributed by atoms with E-state index in [0.717, 1.165) is 19.4 Å². The molecule has 0 fully saturated rings. The van der Waals surface area contributed by atoms with Gasteiger partial charge in [0.2, 0.25) is 0 Å². The van der Waals surface area contributed by atoms with Crippen LogP contribution in [0.4, 0.5) is 4.39 Å². The number of halogens is 2. The zero-order valence-corrected chi connectivity index (χ0v) is 12.4. The molecule has 0 amide bonds. The van der Waals surface area contributed by atoms with Crippen LogP contribution in [0.2, 0.25) is 5.02 Å². The Bertz CT molecular complexity index is 513. The summed E-state index contributed by atoms with van der Waals surface area (Å²) in [5, 5.41) is 7.73. The summed E-state index contributed by atoms with van der Waals surface area (Å²) in [6, 6.07) is 7.31. The number of thiophene rings is 1. The summed E-state index contributed by atoms with van der Waals surface area (Å²) in [6.45, 7) is 2.83. The fourth-order valence-corrected chi connectivity index (χ4v) is 3.03. The van der Waals surface area contributed by atoms with Crippen molar-refractivity contribution in [3.8, 4) is 0 Å². The molecule has 2 aromatic rings. The van der Waals surface area contributed by atoms with E-state index in [4.69, 9.17) is 11.6 Å². The fourth-order valence-electron chi connectivity index (χ4n) is 2.15. The largest absolute Gasteiger partial charge is 0.310 e. The maximum absolute atomic E-state index is 14.1. The van der Waals surface area contributed by atoms with Gasteiger partial charge in [0.25, 0.3) is 0 Å². The number of rotatable bonds is 6. The predicted molar refractivity (Wildman–Crippen MR) is 80.5 cm³/mol. The van der Waals surface area contributed by atoms with Gasteiger partial charge in [-0.1, -0.05) is 30.7 Å². The minimum Gasteiger partial charge on any atom is -0.310 e. The number of hydrogen-bond acceptors (Lipinski definition) is 2. The van der Waals surface area contributed by atoms with Gasteiger partial charge in [-0.2, -0.15) is 11.3 Å². The van der Waals surface area contributed by atoms with E-state index >= 15 is 0 Å². The highest BCUT2D eigenvalue weighted by Gasteiger charge is 2.16. The lowest BCUT2D eigenvalue weighted by Gasteiger charge is -2.19. The lowest BCUT2D eigenvalue weighted by atomic mass is 9.99. The van der Waals surface area contributed by atoms with Crippen molar-refractivity contribution >= 4 is 22.9 Å². The highest BCUT2D eigenvalue weighted by Crippen LogP contribution is 2.26. The van der Waals surface area contributed by atoms with Crippen LogP contribution < -0.4 is 5.32 Å². The number of nitrogens with one attached hydrogen (secondary N) is 1. The molecule has 0 aliphatic carbocycles. The summed E-state index contributed by atoms with van der Waals surface area (Å²) < 4.78 is 14.1. The highest BCUT2D eigenvalue weighted by atomic mass is 35.5. The number of aryl methyl sites for hydroxylation is 1. The molecule has 1 unspecified atom stereocenters. The second kappa shape index (κ2) is 7.04. The zero-order valence-electron chi connectivity index (χ0n) is 10.8. The second-order valence-electron chi connectivity index (χ2n) is 4.42. The first-order valence-corrected chi connectivity index (χ1v) is 7.72. The molecule has 1 N–H and O–H groups in total. The van der Waals surface area contributed by atoms with Crippen LogP contribution >= 0.6 is 22.9 Å². The summed E-state index contributed by atoms with van der Waals surface area (Å²) in [5.74, 6) is -0.305. The Morgan fingerprint density at radius 3 is 2.89 bits per heavy atom. The van der Waals surface area contributed by atoms with Crippen LogP contribution in [0.25, 0.3) is 0 Å². The first kappa shape index (κ1) is 14.5. The van der Waals surface area contributed by atoms with Gasteiger partial charge in [-0.3, -0.25) is 0 Å². The molecule has 0 bridgehead atoms. The Kier molecular flexibility index (Phi) is 5.37. The lowest BCUT2D eigenvalue weighted by molar-refractivity contribution is 0.485. The molecule has 2 rings (SSSR count). The number of hydrogen-bond donors (Lipinski definition) is 1. The van der Waals surface area contributed by atoms with Crippen LogP contribution in [0, 0.1) is 5.82 Å². The molecule has 4 heteroatoms. The molecule has 0 saturated carbocycles. The highest BCUT2D eigenvalue weighted by molar-refractivity contribution is 7.07. The molecule has 19 heavy (non-hydrogen) atoms. The molecule has 0 aliphatic rings. The van der Waals surface area contributed by atoms with Crippen molar-refractivity contribution < 1.29 is 4.39 Å². The van der Waals surface area contributed by atoms with Crippen LogP contribution in [0.15, 0.2) is 35.0 Å². The van der Waals surface area contributed by atoms with Gasteiger partial charge in [0.15, 0.2) is 0 Å². The van der Waals surface area contributed by atoms with Crippen molar-refractivity contribution in [3.63, 3.8) is 0 Å². The van der Waals surface area contributed by atoms with Crippen LogP contribution in [0.3, 0.4) is 0 Å². The van der Waals surface area contributed by atoms with Crippen LogP contribution in [0.5, 0.6) is 0 Å². The third kappa shape index (κ3) is 3.78. The van der Waals surface area contributed by atoms with Gasteiger partial charge >= 0.3 is 0 Å². The van der Waals surface area contributed by atoms with Gasteiger partial charge in [0.1, 0.15) is 5.82 Å². The molecule has 102 valence electrons. The Morgan fingerprint density at radius 2 is 2.21 bits per heavy atom. The minimum atomic E-state index is -0.305. The molecule has 1 nitrogen and oxygen atoms in total. The zero-order chi connectivity index (χ0) is 13.7. The smallest absolute Gasteiger partial charge is 0.146 e.